The second kappa shape index (κ2) is 5.44. The van der Waals surface area contributed by atoms with Crippen LogP contribution in [-0.2, 0) is 11.3 Å². The Kier molecular flexibility index (Phi) is 3.91. The first-order chi connectivity index (χ1) is 8.65. The minimum absolute atomic E-state index is 0.0710. The topological polar surface area (TPSA) is 60.5 Å². The summed E-state index contributed by atoms with van der Waals surface area (Å²) in [6.07, 6.45) is 0.928. The van der Waals surface area contributed by atoms with Crippen LogP contribution in [0, 0.1) is 6.92 Å². The Morgan fingerprint density at radius 1 is 1.39 bits per heavy atom. The second-order valence-electron chi connectivity index (χ2n) is 4.64. The molecule has 1 aliphatic heterocycles. The number of hydrogen-bond acceptors (Lipinski definition) is 4. The summed E-state index contributed by atoms with van der Waals surface area (Å²) < 4.78 is 7.07. The van der Waals surface area contributed by atoms with Crippen LogP contribution in [0.2, 0.25) is 0 Å². The lowest BCUT2D eigenvalue weighted by atomic mass is 10.2. The summed E-state index contributed by atoms with van der Waals surface area (Å²) in [4.78, 5) is 14.4. The Morgan fingerprint density at radius 2 is 2.06 bits per heavy atom. The number of pyridine rings is 1. The van der Waals surface area contributed by atoms with E-state index in [9.17, 15) is 4.79 Å². The zero-order chi connectivity index (χ0) is 13.1. The first-order valence-electron chi connectivity index (χ1n) is 6.47. The maximum atomic E-state index is 12.2. The molecule has 100 valence electrons. The van der Waals surface area contributed by atoms with Gasteiger partial charge >= 0.3 is 0 Å². The zero-order valence-electron chi connectivity index (χ0n) is 11.1. The van der Waals surface area contributed by atoms with Gasteiger partial charge in [0.25, 0.3) is 5.56 Å². The molecule has 1 saturated heterocycles. The minimum atomic E-state index is -0.0710. The molecular formula is C13H21N3O2. The van der Waals surface area contributed by atoms with Crippen molar-refractivity contribution in [1.82, 2.24) is 4.57 Å². The molecule has 0 unspecified atom stereocenters. The molecule has 5 heteroatoms. The molecule has 0 aromatic carbocycles. The van der Waals surface area contributed by atoms with E-state index in [1.165, 1.54) is 0 Å². The molecule has 0 spiro atoms. The molecule has 0 saturated carbocycles. The maximum absolute atomic E-state index is 12.2. The van der Waals surface area contributed by atoms with E-state index in [0.717, 1.165) is 37.4 Å². The zero-order valence-corrected chi connectivity index (χ0v) is 11.1. The van der Waals surface area contributed by atoms with Gasteiger partial charge < -0.3 is 19.9 Å². The summed E-state index contributed by atoms with van der Waals surface area (Å²) in [6, 6.07) is 2.01. The molecule has 2 heterocycles. The molecule has 0 amide bonds. The standard InChI is InChI=1S/C13H21N3O2/c1-3-4-16-10(2)9-11(12(14)13(16)17)15-5-7-18-8-6-15/h9H,3-8,14H2,1-2H3. The largest absolute Gasteiger partial charge is 0.393 e. The van der Waals surface area contributed by atoms with Gasteiger partial charge in [0.05, 0.1) is 18.9 Å². The average molecular weight is 251 g/mol. The summed E-state index contributed by atoms with van der Waals surface area (Å²) in [5, 5.41) is 0. The van der Waals surface area contributed by atoms with E-state index in [1.54, 1.807) is 4.57 Å². The predicted molar refractivity (Wildman–Crippen MR) is 73.2 cm³/mol. The van der Waals surface area contributed by atoms with Crippen LogP contribution in [0.1, 0.15) is 19.0 Å². The smallest absolute Gasteiger partial charge is 0.276 e. The lowest BCUT2D eigenvalue weighted by Gasteiger charge is -2.30. The van der Waals surface area contributed by atoms with Gasteiger partial charge in [-0.15, -0.1) is 0 Å². The summed E-state index contributed by atoms with van der Waals surface area (Å²) in [6.45, 7) is 7.70. The van der Waals surface area contributed by atoms with Crippen LogP contribution in [0.3, 0.4) is 0 Å². The van der Waals surface area contributed by atoms with E-state index >= 15 is 0 Å². The summed E-state index contributed by atoms with van der Waals surface area (Å²) >= 11 is 0. The second-order valence-corrected chi connectivity index (χ2v) is 4.64. The summed E-state index contributed by atoms with van der Waals surface area (Å²) in [7, 11) is 0. The average Bonchev–Trinajstić information content (AvgIpc) is 2.40. The van der Waals surface area contributed by atoms with Gasteiger partial charge in [0.1, 0.15) is 5.69 Å². The van der Waals surface area contributed by atoms with E-state index in [4.69, 9.17) is 10.5 Å². The fraction of sp³-hybridized carbons (Fsp3) is 0.615. The summed E-state index contributed by atoms with van der Waals surface area (Å²) in [5.41, 5.74) is 8.11. The van der Waals surface area contributed by atoms with E-state index in [0.29, 0.717) is 18.9 Å². The molecule has 1 aromatic heterocycles. The Balaban J connectivity index is 2.40. The molecule has 0 atom stereocenters. The highest BCUT2D eigenvalue weighted by Gasteiger charge is 2.17. The normalized spacial score (nSPS) is 16.0. The number of anilines is 2. The van der Waals surface area contributed by atoms with Gasteiger partial charge in [0.2, 0.25) is 0 Å². The van der Waals surface area contributed by atoms with Crippen molar-refractivity contribution in [3.8, 4) is 0 Å². The van der Waals surface area contributed by atoms with Crippen molar-refractivity contribution in [2.45, 2.75) is 26.8 Å². The lowest BCUT2D eigenvalue weighted by Crippen LogP contribution is -2.38. The Hall–Kier alpha value is -1.49. The number of rotatable bonds is 3. The van der Waals surface area contributed by atoms with Gasteiger partial charge in [-0.3, -0.25) is 4.79 Å². The number of nitrogen functional groups attached to an aromatic ring is 1. The van der Waals surface area contributed by atoms with Crippen LogP contribution < -0.4 is 16.2 Å². The highest BCUT2D eigenvalue weighted by atomic mass is 16.5. The number of nitrogens with zero attached hydrogens (tertiary/aromatic N) is 2. The first-order valence-corrected chi connectivity index (χ1v) is 6.47. The third-order valence-corrected chi connectivity index (χ3v) is 3.32. The van der Waals surface area contributed by atoms with Crippen molar-refractivity contribution >= 4 is 11.4 Å². The van der Waals surface area contributed by atoms with E-state index < -0.39 is 0 Å². The monoisotopic (exact) mass is 251 g/mol. The fourth-order valence-corrected chi connectivity index (χ4v) is 2.34. The number of ether oxygens (including phenoxy) is 1. The van der Waals surface area contributed by atoms with E-state index in [-0.39, 0.29) is 5.56 Å². The number of aromatic nitrogens is 1. The van der Waals surface area contributed by atoms with Crippen molar-refractivity contribution < 1.29 is 4.74 Å². The summed E-state index contributed by atoms with van der Waals surface area (Å²) in [5.74, 6) is 0. The molecule has 1 aliphatic rings. The van der Waals surface area contributed by atoms with Crippen LogP contribution in [0.15, 0.2) is 10.9 Å². The van der Waals surface area contributed by atoms with Gasteiger partial charge in [-0.05, 0) is 19.4 Å². The van der Waals surface area contributed by atoms with Gasteiger partial charge in [0, 0.05) is 25.3 Å². The van der Waals surface area contributed by atoms with Crippen LogP contribution in [0.4, 0.5) is 11.4 Å². The molecule has 0 bridgehead atoms. The van der Waals surface area contributed by atoms with Crippen molar-refractivity contribution in [2.75, 3.05) is 36.9 Å². The molecule has 18 heavy (non-hydrogen) atoms. The van der Waals surface area contributed by atoms with Crippen LogP contribution >= 0.6 is 0 Å². The molecular weight excluding hydrogens is 230 g/mol. The van der Waals surface area contributed by atoms with Gasteiger partial charge in [-0.2, -0.15) is 0 Å². The molecule has 1 aromatic rings. The Bertz CT molecular complexity index is 476. The third-order valence-electron chi connectivity index (χ3n) is 3.32. The molecule has 2 N–H and O–H groups in total. The number of hydrogen-bond donors (Lipinski definition) is 1. The molecule has 2 rings (SSSR count). The van der Waals surface area contributed by atoms with E-state index in [2.05, 4.69) is 11.8 Å². The van der Waals surface area contributed by atoms with Crippen LogP contribution in [0.25, 0.3) is 0 Å². The van der Waals surface area contributed by atoms with Crippen molar-refractivity contribution in [3.63, 3.8) is 0 Å². The molecule has 0 radical (unpaired) electrons. The predicted octanol–water partition coefficient (Wildman–Crippen LogP) is 0.986. The maximum Gasteiger partial charge on any atom is 0.276 e. The van der Waals surface area contributed by atoms with Crippen molar-refractivity contribution in [1.29, 1.82) is 0 Å². The van der Waals surface area contributed by atoms with Crippen molar-refractivity contribution in [2.24, 2.45) is 0 Å². The lowest BCUT2D eigenvalue weighted by molar-refractivity contribution is 0.122. The SMILES string of the molecule is CCCn1c(C)cc(N2CCOCC2)c(N)c1=O. The van der Waals surface area contributed by atoms with Crippen LogP contribution in [-0.4, -0.2) is 30.9 Å². The van der Waals surface area contributed by atoms with Crippen LogP contribution in [0.5, 0.6) is 0 Å². The first kappa shape index (κ1) is 13.0. The molecule has 0 aliphatic carbocycles. The Morgan fingerprint density at radius 3 is 2.67 bits per heavy atom. The molecule has 5 nitrogen and oxygen atoms in total. The van der Waals surface area contributed by atoms with Gasteiger partial charge in [-0.1, -0.05) is 6.92 Å². The van der Waals surface area contributed by atoms with E-state index in [1.807, 2.05) is 13.0 Å². The third kappa shape index (κ3) is 2.36. The number of morpholine rings is 1. The van der Waals surface area contributed by atoms with Gasteiger partial charge in [-0.25, -0.2) is 0 Å². The van der Waals surface area contributed by atoms with Gasteiger partial charge in [0.15, 0.2) is 0 Å². The van der Waals surface area contributed by atoms with Crippen molar-refractivity contribution in [3.05, 3.63) is 22.1 Å². The number of nitrogens with two attached hydrogens (primary N) is 1. The molecule has 1 fully saturated rings. The Labute approximate surface area is 107 Å². The number of aryl methyl sites for hydroxylation is 1. The highest BCUT2D eigenvalue weighted by molar-refractivity contribution is 5.67. The highest BCUT2D eigenvalue weighted by Crippen LogP contribution is 2.22. The fourth-order valence-electron chi connectivity index (χ4n) is 2.34. The quantitative estimate of drug-likeness (QED) is 0.870. The minimum Gasteiger partial charge on any atom is -0.393 e.